The highest BCUT2D eigenvalue weighted by Gasteiger charge is 2.19. The summed E-state index contributed by atoms with van der Waals surface area (Å²) < 4.78 is 13.0. The second-order valence-corrected chi connectivity index (χ2v) is 4.76. The average molecular weight is 241 g/mol. The Kier molecular flexibility index (Phi) is 3.11. The Morgan fingerprint density at radius 3 is 2.61 bits per heavy atom. The first-order valence-electron chi connectivity index (χ1n) is 6.38. The second-order valence-electron chi connectivity index (χ2n) is 4.76. The standard InChI is InChI=1S/C16H16FN/c17-14-7-5-13(6-8-14)16-11-18-10-9-12-3-1-2-4-15(12)16/h1-8,16,18H,9-11H2/t16-/m0/s1. The highest BCUT2D eigenvalue weighted by Crippen LogP contribution is 2.28. The molecule has 0 saturated heterocycles. The SMILES string of the molecule is Fc1ccc([C@@H]2CNCCc3ccccc32)cc1. The zero-order valence-corrected chi connectivity index (χ0v) is 10.2. The van der Waals surface area contributed by atoms with Crippen molar-refractivity contribution in [2.75, 3.05) is 13.1 Å². The van der Waals surface area contributed by atoms with Gasteiger partial charge < -0.3 is 5.32 Å². The molecule has 0 bridgehead atoms. The van der Waals surface area contributed by atoms with Crippen LogP contribution in [0, 0.1) is 5.82 Å². The molecule has 0 spiro atoms. The molecular weight excluding hydrogens is 225 g/mol. The van der Waals surface area contributed by atoms with Gasteiger partial charge in [0, 0.05) is 12.5 Å². The summed E-state index contributed by atoms with van der Waals surface area (Å²) >= 11 is 0. The van der Waals surface area contributed by atoms with Gasteiger partial charge in [-0.25, -0.2) is 4.39 Å². The zero-order chi connectivity index (χ0) is 12.4. The smallest absolute Gasteiger partial charge is 0.123 e. The van der Waals surface area contributed by atoms with Gasteiger partial charge in [0.1, 0.15) is 5.82 Å². The summed E-state index contributed by atoms with van der Waals surface area (Å²) in [5, 5.41) is 3.46. The molecule has 0 fully saturated rings. The lowest BCUT2D eigenvalue weighted by Gasteiger charge is -2.18. The lowest BCUT2D eigenvalue weighted by atomic mass is 9.88. The molecule has 1 aliphatic heterocycles. The number of fused-ring (bicyclic) bond motifs is 1. The molecule has 18 heavy (non-hydrogen) atoms. The van der Waals surface area contributed by atoms with E-state index in [4.69, 9.17) is 0 Å². The van der Waals surface area contributed by atoms with Crippen molar-refractivity contribution in [3.05, 3.63) is 71.0 Å². The van der Waals surface area contributed by atoms with Crippen LogP contribution in [0.4, 0.5) is 4.39 Å². The van der Waals surface area contributed by atoms with Gasteiger partial charge in [0.2, 0.25) is 0 Å². The van der Waals surface area contributed by atoms with Crippen molar-refractivity contribution >= 4 is 0 Å². The van der Waals surface area contributed by atoms with E-state index in [-0.39, 0.29) is 5.82 Å². The van der Waals surface area contributed by atoms with E-state index >= 15 is 0 Å². The summed E-state index contributed by atoms with van der Waals surface area (Å²) in [5.74, 6) is 0.151. The van der Waals surface area contributed by atoms with Crippen molar-refractivity contribution < 1.29 is 4.39 Å². The maximum Gasteiger partial charge on any atom is 0.123 e. The van der Waals surface area contributed by atoms with Gasteiger partial charge in [0.15, 0.2) is 0 Å². The van der Waals surface area contributed by atoms with Crippen LogP contribution in [-0.4, -0.2) is 13.1 Å². The Bertz CT molecular complexity index is 533. The molecule has 0 aliphatic carbocycles. The Morgan fingerprint density at radius 1 is 1.00 bits per heavy atom. The number of hydrogen-bond donors (Lipinski definition) is 1. The minimum Gasteiger partial charge on any atom is -0.315 e. The fraction of sp³-hybridized carbons (Fsp3) is 0.250. The van der Waals surface area contributed by atoms with E-state index in [9.17, 15) is 4.39 Å². The van der Waals surface area contributed by atoms with Crippen molar-refractivity contribution in [2.45, 2.75) is 12.3 Å². The Hall–Kier alpha value is -1.67. The van der Waals surface area contributed by atoms with Gasteiger partial charge >= 0.3 is 0 Å². The topological polar surface area (TPSA) is 12.0 Å². The number of halogens is 1. The molecule has 0 radical (unpaired) electrons. The summed E-state index contributed by atoms with van der Waals surface area (Å²) in [4.78, 5) is 0. The van der Waals surface area contributed by atoms with Crippen LogP contribution >= 0.6 is 0 Å². The second kappa shape index (κ2) is 4.91. The summed E-state index contributed by atoms with van der Waals surface area (Å²) in [6.07, 6.45) is 1.06. The number of benzene rings is 2. The van der Waals surface area contributed by atoms with E-state index in [2.05, 4.69) is 29.6 Å². The Labute approximate surface area is 107 Å². The lowest BCUT2D eigenvalue weighted by Crippen LogP contribution is -2.20. The minimum atomic E-state index is -0.173. The van der Waals surface area contributed by atoms with Gasteiger partial charge in [-0.3, -0.25) is 0 Å². The predicted molar refractivity (Wildman–Crippen MR) is 71.3 cm³/mol. The normalized spacial score (nSPS) is 19.1. The molecular formula is C16H16FN. The van der Waals surface area contributed by atoms with Gasteiger partial charge in [-0.1, -0.05) is 36.4 Å². The molecule has 92 valence electrons. The molecule has 2 aromatic rings. The molecule has 0 saturated carbocycles. The third-order valence-electron chi connectivity index (χ3n) is 3.62. The van der Waals surface area contributed by atoms with Crippen LogP contribution in [0.2, 0.25) is 0 Å². The summed E-state index contributed by atoms with van der Waals surface area (Å²) in [6.45, 7) is 1.93. The van der Waals surface area contributed by atoms with Gasteiger partial charge in [0.05, 0.1) is 0 Å². The van der Waals surface area contributed by atoms with E-state index in [1.54, 1.807) is 12.1 Å². The largest absolute Gasteiger partial charge is 0.315 e. The molecule has 0 aromatic heterocycles. The zero-order valence-electron chi connectivity index (χ0n) is 10.2. The minimum absolute atomic E-state index is 0.173. The monoisotopic (exact) mass is 241 g/mol. The van der Waals surface area contributed by atoms with E-state index < -0.39 is 0 Å². The third kappa shape index (κ3) is 2.16. The quantitative estimate of drug-likeness (QED) is 0.809. The summed E-state index contributed by atoms with van der Waals surface area (Å²) in [5.41, 5.74) is 3.95. The summed E-state index contributed by atoms with van der Waals surface area (Å²) in [6, 6.07) is 15.4. The Morgan fingerprint density at radius 2 is 1.78 bits per heavy atom. The third-order valence-corrected chi connectivity index (χ3v) is 3.62. The molecule has 3 rings (SSSR count). The van der Waals surface area contributed by atoms with Crippen LogP contribution in [-0.2, 0) is 6.42 Å². The van der Waals surface area contributed by atoms with E-state index in [0.717, 1.165) is 19.5 Å². The van der Waals surface area contributed by atoms with Crippen LogP contribution in [0.5, 0.6) is 0 Å². The molecule has 1 aliphatic rings. The van der Waals surface area contributed by atoms with Crippen LogP contribution in [0.1, 0.15) is 22.6 Å². The molecule has 0 amide bonds. The highest BCUT2D eigenvalue weighted by atomic mass is 19.1. The Balaban J connectivity index is 2.03. The molecule has 2 heteroatoms. The molecule has 2 aromatic carbocycles. The van der Waals surface area contributed by atoms with Crippen LogP contribution in [0.15, 0.2) is 48.5 Å². The first-order valence-corrected chi connectivity index (χ1v) is 6.38. The van der Waals surface area contributed by atoms with Gasteiger partial charge in [-0.2, -0.15) is 0 Å². The van der Waals surface area contributed by atoms with Gasteiger partial charge in [0.25, 0.3) is 0 Å². The van der Waals surface area contributed by atoms with Gasteiger partial charge in [-0.05, 0) is 41.8 Å². The highest BCUT2D eigenvalue weighted by molar-refractivity contribution is 5.39. The van der Waals surface area contributed by atoms with E-state index in [1.165, 1.54) is 16.7 Å². The van der Waals surface area contributed by atoms with Crippen LogP contribution < -0.4 is 5.32 Å². The van der Waals surface area contributed by atoms with E-state index in [0.29, 0.717) is 5.92 Å². The number of hydrogen-bond acceptors (Lipinski definition) is 1. The van der Waals surface area contributed by atoms with Crippen LogP contribution in [0.25, 0.3) is 0 Å². The first-order chi connectivity index (χ1) is 8.84. The molecule has 1 heterocycles. The van der Waals surface area contributed by atoms with Crippen molar-refractivity contribution in [1.82, 2.24) is 5.32 Å². The molecule has 1 atom stereocenters. The van der Waals surface area contributed by atoms with Crippen molar-refractivity contribution in [2.24, 2.45) is 0 Å². The van der Waals surface area contributed by atoms with Crippen molar-refractivity contribution in [1.29, 1.82) is 0 Å². The fourth-order valence-corrected chi connectivity index (χ4v) is 2.67. The van der Waals surface area contributed by atoms with Crippen molar-refractivity contribution in [3.8, 4) is 0 Å². The molecule has 0 unspecified atom stereocenters. The fourth-order valence-electron chi connectivity index (χ4n) is 2.67. The molecule has 1 N–H and O–H groups in total. The van der Waals surface area contributed by atoms with Gasteiger partial charge in [-0.15, -0.1) is 0 Å². The lowest BCUT2D eigenvalue weighted by molar-refractivity contribution is 0.623. The first kappa shape index (κ1) is 11.4. The van der Waals surface area contributed by atoms with Crippen LogP contribution in [0.3, 0.4) is 0 Å². The number of nitrogens with one attached hydrogen (secondary N) is 1. The molecule has 1 nitrogen and oxygen atoms in total. The predicted octanol–water partition coefficient (Wildman–Crippen LogP) is 3.10. The van der Waals surface area contributed by atoms with E-state index in [1.807, 2.05) is 12.1 Å². The average Bonchev–Trinajstić information content (AvgIpc) is 2.62. The summed E-state index contributed by atoms with van der Waals surface area (Å²) in [7, 11) is 0. The van der Waals surface area contributed by atoms with Crippen molar-refractivity contribution in [3.63, 3.8) is 0 Å². The number of rotatable bonds is 1. The maximum absolute atomic E-state index is 13.0. The maximum atomic E-state index is 13.0.